The van der Waals surface area contributed by atoms with Crippen LogP contribution in [0.15, 0.2) is 53.3 Å². The highest BCUT2D eigenvalue weighted by molar-refractivity contribution is 6.02. The van der Waals surface area contributed by atoms with Crippen molar-refractivity contribution in [3.8, 4) is 11.1 Å². The van der Waals surface area contributed by atoms with Gasteiger partial charge in [0.2, 0.25) is 0 Å². The van der Waals surface area contributed by atoms with Crippen LogP contribution in [-0.2, 0) is 0 Å². The zero-order chi connectivity index (χ0) is 16.6. The lowest BCUT2D eigenvalue weighted by molar-refractivity contribution is 0.111. The van der Waals surface area contributed by atoms with Crippen LogP contribution in [0.5, 0.6) is 0 Å². The Labute approximate surface area is 133 Å². The van der Waals surface area contributed by atoms with Gasteiger partial charge in [0.1, 0.15) is 5.82 Å². The number of rotatable bonds is 3. The van der Waals surface area contributed by atoms with E-state index in [1.807, 2.05) is 26.0 Å². The van der Waals surface area contributed by atoms with Gasteiger partial charge in [-0.3, -0.25) is 9.59 Å². The summed E-state index contributed by atoms with van der Waals surface area (Å²) in [6.07, 6.45) is 0.701. The molecule has 0 spiro atoms. The summed E-state index contributed by atoms with van der Waals surface area (Å²) in [6.45, 7) is 3.72. The molecular formula is C19H16FNO2. The molecule has 1 aromatic heterocycles. The molecule has 0 bridgehead atoms. The van der Waals surface area contributed by atoms with Gasteiger partial charge in [-0.15, -0.1) is 0 Å². The maximum atomic E-state index is 13.2. The van der Waals surface area contributed by atoms with E-state index in [1.54, 1.807) is 24.3 Å². The fraction of sp³-hybridized carbons (Fsp3) is 0.158. The number of nitrogens with zero attached hydrogens (tertiary/aromatic N) is 1. The molecule has 0 unspecified atom stereocenters. The molecule has 0 radical (unpaired) electrons. The SMILES string of the molecule is CC(C)n1c(C=O)c(-c2ccc(F)cc2)c2ccccc2c1=O. The van der Waals surface area contributed by atoms with Crippen molar-refractivity contribution in [2.45, 2.75) is 19.9 Å². The minimum atomic E-state index is -0.345. The molecule has 0 aliphatic heterocycles. The lowest BCUT2D eigenvalue weighted by Crippen LogP contribution is -2.26. The second-order valence-corrected chi connectivity index (χ2v) is 5.70. The lowest BCUT2D eigenvalue weighted by atomic mass is 9.96. The highest BCUT2D eigenvalue weighted by atomic mass is 19.1. The van der Waals surface area contributed by atoms with E-state index in [0.29, 0.717) is 33.9 Å². The molecule has 3 nitrogen and oxygen atoms in total. The fourth-order valence-electron chi connectivity index (χ4n) is 2.93. The predicted molar refractivity (Wildman–Crippen MR) is 89.4 cm³/mol. The van der Waals surface area contributed by atoms with E-state index in [4.69, 9.17) is 0 Å². The van der Waals surface area contributed by atoms with Gasteiger partial charge in [-0.25, -0.2) is 4.39 Å². The Morgan fingerprint density at radius 3 is 2.17 bits per heavy atom. The van der Waals surface area contributed by atoms with Gasteiger partial charge in [0.25, 0.3) is 5.56 Å². The van der Waals surface area contributed by atoms with Crippen LogP contribution in [0, 0.1) is 5.82 Å². The van der Waals surface area contributed by atoms with E-state index in [2.05, 4.69) is 0 Å². The summed E-state index contributed by atoms with van der Waals surface area (Å²) in [5.74, 6) is -0.345. The van der Waals surface area contributed by atoms with Crippen LogP contribution >= 0.6 is 0 Å². The van der Waals surface area contributed by atoms with Crippen LogP contribution in [0.4, 0.5) is 4.39 Å². The highest BCUT2D eigenvalue weighted by Gasteiger charge is 2.18. The third-order valence-corrected chi connectivity index (χ3v) is 3.92. The van der Waals surface area contributed by atoms with E-state index in [-0.39, 0.29) is 17.4 Å². The lowest BCUT2D eigenvalue weighted by Gasteiger charge is -2.19. The number of benzene rings is 2. The third-order valence-electron chi connectivity index (χ3n) is 3.92. The maximum Gasteiger partial charge on any atom is 0.259 e. The molecule has 0 saturated heterocycles. The van der Waals surface area contributed by atoms with Gasteiger partial charge in [0.15, 0.2) is 6.29 Å². The van der Waals surface area contributed by atoms with Crippen LogP contribution in [0.2, 0.25) is 0 Å². The van der Waals surface area contributed by atoms with Gasteiger partial charge in [-0.2, -0.15) is 0 Å². The topological polar surface area (TPSA) is 39.1 Å². The van der Waals surface area contributed by atoms with Crippen molar-refractivity contribution in [1.29, 1.82) is 0 Å². The van der Waals surface area contributed by atoms with Crippen molar-refractivity contribution in [2.24, 2.45) is 0 Å². The second kappa shape index (κ2) is 5.80. The Hall–Kier alpha value is -2.75. The van der Waals surface area contributed by atoms with Crippen molar-refractivity contribution in [3.05, 3.63) is 70.4 Å². The van der Waals surface area contributed by atoms with E-state index >= 15 is 0 Å². The van der Waals surface area contributed by atoms with E-state index in [1.165, 1.54) is 16.7 Å². The molecule has 1 heterocycles. The Morgan fingerprint density at radius 2 is 1.61 bits per heavy atom. The van der Waals surface area contributed by atoms with Crippen molar-refractivity contribution >= 4 is 17.1 Å². The molecule has 0 aliphatic carbocycles. The van der Waals surface area contributed by atoms with Crippen molar-refractivity contribution in [3.63, 3.8) is 0 Å². The quantitative estimate of drug-likeness (QED) is 0.680. The number of hydrogen-bond donors (Lipinski definition) is 0. The third kappa shape index (κ3) is 2.46. The Kier molecular flexibility index (Phi) is 3.82. The molecule has 4 heteroatoms. The van der Waals surface area contributed by atoms with Crippen LogP contribution in [-0.4, -0.2) is 10.9 Å². The first-order chi connectivity index (χ1) is 11.0. The smallest absolute Gasteiger partial charge is 0.259 e. The van der Waals surface area contributed by atoms with Crippen LogP contribution in [0.1, 0.15) is 30.4 Å². The van der Waals surface area contributed by atoms with Crippen molar-refractivity contribution < 1.29 is 9.18 Å². The Morgan fingerprint density at radius 1 is 1.00 bits per heavy atom. The Bertz CT molecular complexity index is 940. The second-order valence-electron chi connectivity index (χ2n) is 5.70. The molecule has 0 atom stereocenters. The van der Waals surface area contributed by atoms with E-state index in [9.17, 15) is 14.0 Å². The van der Waals surface area contributed by atoms with Gasteiger partial charge in [-0.1, -0.05) is 30.3 Å². The molecule has 0 saturated carbocycles. The molecule has 3 aromatic rings. The van der Waals surface area contributed by atoms with Gasteiger partial charge < -0.3 is 4.57 Å². The predicted octanol–water partition coefficient (Wildman–Crippen LogP) is 4.20. The van der Waals surface area contributed by atoms with Gasteiger partial charge in [0, 0.05) is 17.0 Å². The number of pyridine rings is 1. The number of aromatic nitrogens is 1. The fourth-order valence-corrected chi connectivity index (χ4v) is 2.93. The van der Waals surface area contributed by atoms with Crippen molar-refractivity contribution in [1.82, 2.24) is 4.57 Å². The monoisotopic (exact) mass is 309 g/mol. The molecule has 0 amide bonds. The van der Waals surface area contributed by atoms with Crippen LogP contribution < -0.4 is 5.56 Å². The molecule has 116 valence electrons. The zero-order valence-corrected chi connectivity index (χ0v) is 12.9. The number of fused-ring (bicyclic) bond motifs is 1. The standard InChI is InChI=1S/C19H16FNO2/c1-12(2)21-17(11-22)18(13-7-9-14(20)10-8-13)15-5-3-4-6-16(15)19(21)23/h3-12H,1-2H3. The molecule has 0 aliphatic rings. The molecule has 23 heavy (non-hydrogen) atoms. The molecule has 3 rings (SSSR count). The molecule has 0 N–H and O–H groups in total. The summed E-state index contributed by atoms with van der Waals surface area (Å²) in [7, 11) is 0. The summed E-state index contributed by atoms with van der Waals surface area (Å²) < 4.78 is 14.7. The normalized spacial score (nSPS) is 11.1. The average Bonchev–Trinajstić information content (AvgIpc) is 2.55. The summed E-state index contributed by atoms with van der Waals surface area (Å²) in [4.78, 5) is 24.5. The highest BCUT2D eigenvalue weighted by Crippen LogP contribution is 2.31. The van der Waals surface area contributed by atoms with Crippen LogP contribution in [0.3, 0.4) is 0 Å². The largest absolute Gasteiger partial charge is 0.302 e. The first-order valence-electron chi connectivity index (χ1n) is 7.43. The maximum absolute atomic E-state index is 13.2. The minimum Gasteiger partial charge on any atom is -0.302 e. The van der Waals surface area contributed by atoms with Crippen molar-refractivity contribution in [2.75, 3.05) is 0 Å². The van der Waals surface area contributed by atoms with E-state index in [0.717, 1.165) is 0 Å². The number of carbonyl (C=O) groups is 1. The molecule has 2 aromatic carbocycles. The van der Waals surface area contributed by atoms with E-state index < -0.39 is 0 Å². The first-order valence-corrected chi connectivity index (χ1v) is 7.43. The average molecular weight is 309 g/mol. The number of carbonyl (C=O) groups excluding carboxylic acids is 1. The number of hydrogen-bond acceptors (Lipinski definition) is 2. The van der Waals surface area contributed by atoms with Gasteiger partial charge in [0.05, 0.1) is 5.69 Å². The molecule has 0 fully saturated rings. The Balaban J connectivity index is 2.53. The number of halogens is 1. The number of aldehydes is 1. The minimum absolute atomic E-state index is 0.161. The molecular weight excluding hydrogens is 293 g/mol. The summed E-state index contributed by atoms with van der Waals surface area (Å²) in [5.41, 5.74) is 1.49. The zero-order valence-electron chi connectivity index (χ0n) is 12.9. The summed E-state index contributed by atoms with van der Waals surface area (Å²) in [5, 5.41) is 1.24. The van der Waals surface area contributed by atoms with Gasteiger partial charge in [-0.05, 0) is 43.0 Å². The summed E-state index contributed by atoms with van der Waals surface area (Å²) >= 11 is 0. The first kappa shape index (κ1) is 15.2. The van der Waals surface area contributed by atoms with Gasteiger partial charge >= 0.3 is 0 Å². The summed E-state index contributed by atoms with van der Waals surface area (Å²) in [6, 6.07) is 13.0. The van der Waals surface area contributed by atoms with Crippen LogP contribution in [0.25, 0.3) is 21.9 Å².